The molecule has 0 saturated heterocycles. The van der Waals surface area contributed by atoms with Gasteiger partial charge in [-0.1, -0.05) is 67.1 Å². The molecule has 41 heavy (non-hydrogen) atoms. The van der Waals surface area contributed by atoms with Gasteiger partial charge < -0.3 is 10.2 Å². The van der Waals surface area contributed by atoms with Crippen molar-refractivity contribution in [2.24, 2.45) is 0 Å². The highest BCUT2D eigenvalue weighted by Crippen LogP contribution is 2.27. The van der Waals surface area contributed by atoms with Crippen LogP contribution in [0.15, 0.2) is 72.8 Å². The summed E-state index contributed by atoms with van der Waals surface area (Å²) in [6.45, 7) is 4.36. The fourth-order valence-corrected chi connectivity index (χ4v) is 5.72. The summed E-state index contributed by atoms with van der Waals surface area (Å²) in [5, 5.41) is 3.32. The van der Waals surface area contributed by atoms with E-state index in [-0.39, 0.29) is 37.7 Å². The molecule has 0 aliphatic carbocycles. The molecule has 0 saturated carbocycles. The predicted octanol–water partition coefficient (Wildman–Crippen LogP) is 5.50. The number of anilines is 1. The summed E-state index contributed by atoms with van der Waals surface area (Å²) in [6, 6.07) is 19.5. The molecular formula is C31H37ClFN3O4S. The minimum Gasteiger partial charge on any atom is -0.354 e. The van der Waals surface area contributed by atoms with Crippen molar-refractivity contribution < 1.29 is 22.4 Å². The quantitative estimate of drug-likeness (QED) is 0.264. The Labute approximate surface area is 247 Å². The highest BCUT2D eigenvalue weighted by Gasteiger charge is 2.30. The number of carbonyl (C=O) groups is 2. The molecule has 0 spiro atoms. The fourth-order valence-electron chi connectivity index (χ4n) is 4.54. The van der Waals surface area contributed by atoms with Gasteiger partial charge in [0.05, 0.1) is 11.9 Å². The van der Waals surface area contributed by atoms with Crippen LogP contribution in [0.4, 0.5) is 10.1 Å². The maximum Gasteiger partial charge on any atom is 0.243 e. The predicted molar refractivity (Wildman–Crippen MR) is 162 cm³/mol. The monoisotopic (exact) mass is 601 g/mol. The maximum atomic E-state index is 13.8. The number of amides is 2. The molecule has 1 atom stereocenters. The van der Waals surface area contributed by atoms with Crippen molar-refractivity contribution in [1.29, 1.82) is 0 Å². The average molecular weight is 602 g/mol. The summed E-state index contributed by atoms with van der Waals surface area (Å²) in [7, 11) is -3.66. The molecule has 3 aromatic rings. The molecular weight excluding hydrogens is 565 g/mol. The van der Waals surface area contributed by atoms with Crippen LogP contribution in [0.25, 0.3) is 0 Å². The van der Waals surface area contributed by atoms with Crippen molar-refractivity contribution in [3.63, 3.8) is 0 Å². The average Bonchev–Trinajstić information content (AvgIpc) is 2.94. The molecule has 0 aliphatic heterocycles. The number of nitrogens with zero attached hydrogens (tertiary/aromatic N) is 2. The van der Waals surface area contributed by atoms with Gasteiger partial charge in [-0.15, -0.1) is 0 Å². The summed E-state index contributed by atoms with van der Waals surface area (Å²) < 4.78 is 40.2. The summed E-state index contributed by atoms with van der Waals surface area (Å²) in [4.78, 5) is 28.7. The normalized spacial score (nSPS) is 12.0. The Morgan fingerprint density at radius 1 is 1.00 bits per heavy atom. The van der Waals surface area contributed by atoms with E-state index in [0.717, 1.165) is 23.8 Å². The zero-order chi connectivity index (χ0) is 30.0. The second-order valence-electron chi connectivity index (χ2n) is 10.0. The number of rotatable bonds is 14. The van der Waals surface area contributed by atoms with Gasteiger partial charge in [0, 0.05) is 37.5 Å². The summed E-state index contributed by atoms with van der Waals surface area (Å²) in [5.41, 5.74) is 2.75. The van der Waals surface area contributed by atoms with E-state index in [1.807, 2.05) is 37.3 Å². The van der Waals surface area contributed by atoms with Gasteiger partial charge >= 0.3 is 0 Å². The number of hydrogen-bond donors (Lipinski definition) is 1. The third-order valence-electron chi connectivity index (χ3n) is 6.68. The molecule has 220 valence electrons. The molecule has 0 aliphatic rings. The van der Waals surface area contributed by atoms with E-state index >= 15 is 0 Å². The number of sulfonamides is 1. The van der Waals surface area contributed by atoms with E-state index in [9.17, 15) is 22.4 Å². The molecule has 2 amide bonds. The first-order chi connectivity index (χ1) is 19.5. The number of nitrogens with one attached hydrogen (secondary N) is 1. The second kappa shape index (κ2) is 15.0. The van der Waals surface area contributed by atoms with E-state index in [4.69, 9.17) is 11.6 Å². The van der Waals surface area contributed by atoms with E-state index in [0.29, 0.717) is 29.2 Å². The topological polar surface area (TPSA) is 86.8 Å². The van der Waals surface area contributed by atoms with Crippen LogP contribution >= 0.6 is 11.6 Å². The van der Waals surface area contributed by atoms with Crippen molar-refractivity contribution >= 4 is 39.1 Å². The minimum atomic E-state index is -3.66. The highest BCUT2D eigenvalue weighted by molar-refractivity contribution is 7.92. The first kappa shape index (κ1) is 32.1. The lowest BCUT2D eigenvalue weighted by atomic mass is 10.0. The molecule has 0 aromatic heterocycles. The van der Waals surface area contributed by atoms with E-state index in [2.05, 4.69) is 5.32 Å². The molecule has 3 aromatic carbocycles. The van der Waals surface area contributed by atoms with Crippen molar-refractivity contribution in [3.05, 3.63) is 100 Å². The largest absolute Gasteiger partial charge is 0.354 e. The molecule has 1 N–H and O–H groups in total. The van der Waals surface area contributed by atoms with Gasteiger partial charge in [-0.05, 0) is 60.7 Å². The zero-order valence-electron chi connectivity index (χ0n) is 23.6. The van der Waals surface area contributed by atoms with Crippen LogP contribution in [0, 0.1) is 12.7 Å². The smallest absolute Gasteiger partial charge is 0.243 e. The van der Waals surface area contributed by atoms with Gasteiger partial charge in [0.1, 0.15) is 11.9 Å². The Morgan fingerprint density at radius 2 is 1.68 bits per heavy atom. The summed E-state index contributed by atoms with van der Waals surface area (Å²) in [5.74, 6) is -0.984. The van der Waals surface area contributed by atoms with Gasteiger partial charge in [0.25, 0.3) is 0 Å². The molecule has 0 bridgehead atoms. The highest BCUT2D eigenvalue weighted by atomic mass is 35.5. The van der Waals surface area contributed by atoms with E-state index in [1.165, 1.54) is 21.3 Å². The van der Waals surface area contributed by atoms with Crippen molar-refractivity contribution in [3.8, 4) is 0 Å². The van der Waals surface area contributed by atoms with Crippen LogP contribution < -0.4 is 9.62 Å². The molecule has 7 nitrogen and oxygen atoms in total. The third kappa shape index (κ3) is 9.57. The number of benzene rings is 3. The number of hydrogen-bond acceptors (Lipinski definition) is 4. The summed E-state index contributed by atoms with van der Waals surface area (Å²) in [6.07, 6.45) is 2.36. The van der Waals surface area contributed by atoms with Crippen LogP contribution in [0.3, 0.4) is 0 Å². The third-order valence-corrected chi connectivity index (χ3v) is 8.09. The maximum absolute atomic E-state index is 13.8. The van der Waals surface area contributed by atoms with Crippen molar-refractivity contribution in [2.45, 2.75) is 52.1 Å². The Bertz CT molecular complexity index is 1420. The lowest BCUT2D eigenvalue weighted by molar-refractivity contribution is -0.141. The van der Waals surface area contributed by atoms with Crippen molar-refractivity contribution in [1.82, 2.24) is 10.2 Å². The minimum absolute atomic E-state index is 0.000818. The Kier molecular flexibility index (Phi) is 11.7. The van der Waals surface area contributed by atoms with Crippen LogP contribution in [0.5, 0.6) is 0 Å². The zero-order valence-corrected chi connectivity index (χ0v) is 25.2. The number of halogens is 2. The van der Waals surface area contributed by atoms with Gasteiger partial charge in [0.15, 0.2) is 0 Å². The molecule has 10 heteroatoms. The summed E-state index contributed by atoms with van der Waals surface area (Å²) >= 11 is 6.15. The van der Waals surface area contributed by atoms with Crippen LogP contribution in [-0.2, 0) is 32.6 Å². The van der Waals surface area contributed by atoms with Gasteiger partial charge in [-0.25, -0.2) is 12.8 Å². The van der Waals surface area contributed by atoms with E-state index in [1.54, 1.807) is 37.3 Å². The van der Waals surface area contributed by atoms with Crippen molar-refractivity contribution in [2.75, 3.05) is 23.7 Å². The van der Waals surface area contributed by atoms with Crippen LogP contribution in [-0.4, -0.2) is 50.5 Å². The molecule has 0 radical (unpaired) electrons. The first-order valence-corrected chi connectivity index (χ1v) is 15.8. The van der Waals surface area contributed by atoms with Crippen LogP contribution in [0.2, 0.25) is 5.02 Å². The second-order valence-corrected chi connectivity index (χ2v) is 12.4. The van der Waals surface area contributed by atoms with Gasteiger partial charge in [0.2, 0.25) is 21.8 Å². The Balaban J connectivity index is 1.88. The lowest BCUT2D eigenvalue weighted by Gasteiger charge is -2.32. The number of aryl methyl sites for hydroxylation is 1. The Morgan fingerprint density at radius 3 is 2.32 bits per heavy atom. The van der Waals surface area contributed by atoms with Gasteiger partial charge in [-0.3, -0.25) is 13.9 Å². The number of carbonyl (C=O) groups excluding carboxylic acids is 2. The fraction of sp³-hybridized carbons (Fsp3) is 0.355. The Hall–Kier alpha value is -3.43. The molecule has 0 heterocycles. The van der Waals surface area contributed by atoms with Crippen LogP contribution in [0.1, 0.15) is 42.9 Å². The lowest BCUT2D eigenvalue weighted by Crippen LogP contribution is -2.50. The van der Waals surface area contributed by atoms with E-state index < -0.39 is 21.9 Å². The first-order valence-electron chi connectivity index (χ1n) is 13.6. The SMILES string of the molecule is CCCNC(=O)C(Cc1ccccc1)N(Cc1ccc(F)cc1)C(=O)CCCN(c1cc(Cl)ccc1C)S(C)(=O)=O. The molecule has 3 rings (SSSR count). The van der Waals surface area contributed by atoms with Gasteiger partial charge in [-0.2, -0.15) is 0 Å². The molecule has 1 unspecified atom stereocenters. The standard InChI is InChI=1S/C31H37ClFN3O4S/c1-4-18-34-31(38)29(20-24-9-6-5-7-10-24)35(22-25-13-16-27(33)17-14-25)30(37)11-8-19-36(41(3,39)40)28-21-26(32)15-12-23(28)2/h5-7,9-10,12-17,21,29H,4,8,11,18-20,22H2,1-3H3,(H,34,38). The molecule has 0 fully saturated rings.